The molecule has 1 aliphatic heterocycles. The lowest BCUT2D eigenvalue weighted by Crippen LogP contribution is -2.47. The maximum atomic E-state index is 13.5. The molecule has 0 amide bonds. The van der Waals surface area contributed by atoms with Crippen LogP contribution in [-0.4, -0.2) is 75.4 Å². The van der Waals surface area contributed by atoms with Gasteiger partial charge in [-0.05, 0) is 42.5 Å². The molecule has 160 valence electrons. The number of halogens is 2. The Morgan fingerprint density at radius 1 is 1.21 bits per heavy atom. The van der Waals surface area contributed by atoms with Crippen molar-refractivity contribution in [1.29, 1.82) is 0 Å². The third-order valence-corrected chi connectivity index (χ3v) is 5.52. The Morgan fingerprint density at radius 3 is 2.57 bits per heavy atom. The summed E-state index contributed by atoms with van der Waals surface area (Å²) in [6, 6.07) is 5.01. The number of guanidine groups is 1. The summed E-state index contributed by atoms with van der Waals surface area (Å²) in [4.78, 5) is 9.24. The summed E-state index contributed by atoms with van der Waals surface area (Å²) >= 11 is 1.70. The van der Waals surface area contributed by atoms with Crippen LogP contribution in [0.1, 0.15) is 18.1 Å². The molecule has 2 rings (SSSR count). The van der Waals surface area contributed by atoms with Crippen LogP contribution in [-0.2, 0) is 12.3 Å². The van der Waals surface area contributed by atoms with Gasteiger partial charge in [0.2, 0.25) is 0 Å². The summed E-state index contributed by atoms with van der Waals surface area (Å²) in [6.45, 7) is 9.50. The van der Waals surface area contributed by atoms with Gasteiger partial charge in [-0.25, -0.2) is 4.39 Å². The van der Waals surface area contributed by atoms with Crippen LogP contribution in [0.15, 0.2) is 23.2 Å². The Labute approximate surface area is 190 Å². The highest BCUT2D eigenvalue weighted by Crippen LogP contribution is 2.16. The SMILES string of the molecule is CN=C(NCc1ccc(F)cc1CSC)NCC(C)CN1CCN(C)CC1.I. The van der Waals surface area contributed by atoms with Gasteiger partial charge in [0.05, 0.1) is 0 Å². The first-order chi connectivity index (χ1) is 13.0. The molecule has 1 heterocycles. The molecule has 1 fully saturated rings. The van der Waals surface area contributed by atoms with Gasteiger partial charge in [-0.2, -0.15) is 11.8 Å². The molecule has 1 aliphatic rings. The average molecular weight is 524 g/mol. The van der Waals surface area contributed by atoms with Crippen molar-refractivity contribution in [2.24, 2.45) is 10.9 Å². The summed E-state index contributed by atoms with van der Waals surface area (Å²) in [5.74, 6) is 1.97. The zero-order chi connectivity index (χ0) is 19.6. The lowest BCUT2D eigenvalue weighted by Gasteiger charge is -2.34. The molecule has 0 spiro atoms. The van der Waals surface area contributed by atoms with Crippen molar-refractivity contribution in [3.05, 3.63) is 35.1 Å². The maximum absolute atomic E-state index is 13.5. The zero-order valence-electron chi connectivity index (χ0n) is 17.5. The number of benzene rings is 1. The van der Waals surface area contributed by atoms with Gasteiger partial charge in [-0.3, -0.25) is 4.99 Å². The standard InChI is InChI=1S/C20H34FN5S.HI/c1-16(14-26-9-7-25(3)8-10-26)12-23-20(22-2)24-13-17-5-6-19(21)11-18(17)15-27-4;/h5-6,11,16H,7-10,12-15H2,1-4H3,(H2,22,23,24);1H. The third kappa shape index (κ3) is 8.84. The van der Waals surface area contributed by atoms with E-state index in [1.807, 2.05) is 12.3 Å². The van der Waals surface area contributed by atoms with Crippen LogP contribution in [0.3, 0.4) is 0 Å². The quantitative estimate of drug-likeness (QED) is 0.312. The molecular formula is C20H35FIN5S. The van der Waals surface area contributed by atoms with Crippen molar-refractivity contribution >= 4 is 41.7 Å². The zero-order valence-corrected chi connectivity index (χ0v) is 20.6. The number of nitrogens with zero attached hydrogens (tertiary/aromatic N) is 3. The van der Waals surface area contributed by atoms with E-state index in [2.05, 4.69) is 39.4 Å². The number of piperazine rings is 1. The van der Waals surface area contributed by atoms with Gasteiger partial charge in [-0.15, -0.1) is 24.0 Å². The molecule has 1 atom stereocenters. The Balaban J connectivity index is 0.00000392. The number of thioether (sulfide) groups is 1. The van der Waals surface area contributed by atoms with E-state index in [0.29, 0.717) is 12.5 Å². The lowest BCUT2D eigenvalue weighted by atomic mass is 10.1. The number of hydrogen-bond donors (Lipinski definition) is 2. The Bertz CT molecular complexity index is 608. The van der Waals surface area contributed by atoms with Crippen LogP contribution in [0.25, 0.3) is 0 Å². The number of aliphatic imine (C=N–C) groups is 1. The molecule has 1 unspecified atom stereocenters. The van der Waals surface area contributed by atoms with Crippen LogP contribution in [0.4, 0.5) is 4.39 Å². The fraction of sp³-hybridized carbons (Fsp3) is 0.650. The van der Waals surface area contributed by atoms with E-state index >= 15 is 0 Å². The molecule has 8 heteroatoms. The largest absolute Gasteiger partial charge is 0.356 e. The molecular weight excluding hydrogens is 488 g/mol. The molecule has 0 bridgehead atoms. The molecule has 1 aromatic carbocycles. The van der Waals surface area contributed by atoms with E-state index in [1.54, 1.807) is 24.9 Å². The first-order valence-electron chi connectivity index (χ1n) is 9.63. The monoisotopic (exact) mass is 523 g/mol. The van der Waals surface area contributed by atoms with E-state index in [9.17, 15) is 4.39 Å². The Hall–Kier alpha value is -0.580. The molecule has 28 heavy (non-hydrogen) atoms. The van der Waals surface area contributed by atoms with Crippen molar-refractivity contribution in [2.45, 2.75) is 19.2 Å². The van der Waals surface area contributed by atoms with E-state index < -0.39 is 0 Å². The summed E-state index contributed by atoms with van der Waals surface area (Å²) in [6.07, 6.45) is 2.03. The van der Waals surface area contributed by atoms with Gasteiger partial charge in [0, 0.05) is 58.6 Å². The summed E-state index contributed by atoms with van der Waals surface area (Å²) in [7, 11) is 3.97. The van der Waals surface area contributed by atoms with E-state index in [0.717, 1.165) is 62.1 Å². The fourth-order valence-electron chi connectivity index (χ4n) is 3.26. The van der Waals surface area contributed by atoms with E-state index in [1.165, 1.54) is 6.07 Å². The molecule has 0 saturated carbocycles. The van der Waals surface area contributed by atoms with Gasteiger partial charge in [0.25, 0.3) is 0 Å². The van der Waals surface area contributed by atoms with Crippen molar-refractivity contribution < 1.29 is 4.39 Å². The van der Waals surface area contributed by atoms with Crippen molar-refractivity contribution in [1.82, 2.24) is 20.4 Å². The van der Waals surface area contributed by atoms with Crippen LogP contribution in [0.2, 0.25) is 0 Å². The van der Waals surface area contributed by atoms with Crippen LogP contribution >= 0.6 is 35.7 Å². The van der Waals surface area contributed by atoms with Crippen molar-refractivity contribution in [3.63, 3.8) is 0 Å². The Kier molecular flexibility index (Phi) is 12.4. The minimum Gasteiger partial charge on any atom is -0.356 e. The second kappa shape index (κ2) is 13.6. The van der Waals surface area contributed by atoms with Gasteiger partial charge in [0.15, 0.2) is 5.96 Å². The third-order valence-electron chi connectivity index (χ3n) is 4.92. The molecule has 0 radical (unpaired) electrons. The summed E-state index contributed by atoms with van der Waals surface area (Å²) in [5.41, 5.74) is 2.15. The topological polar surface area (TPSA) is 42.9 Å². The molecule has 0 aliphatic carbocycles. The second-order valence-electron chi connectivity index (χ2n) is 7.36. The highest BCUT2D eigenvalue weighted by molar-refractivity contribution is 14.0. The number of hydrogen-bond acceptors (Lipinski definition) is 4. The summed E-state index contributed by atoms with van der Waals surface area (Å²) in [5, 5.41) is 6.78. The number of rotatable bonds is 8. The fourth-order valence-corrected chi connectivity index (χ4v) is 3.84. The first kappa shape index (κ1) is 25.5. The average Bonchev–Trinajstić information content (AvgIpc) is 2.65. The smallest absolute Gasteiger partial charge is 0.191 e. The van der Waals surface area contributed by atoms with Crippen molar-refractivity contribution in [2.75, 3.05) is 59.6 Å². The minimum atomic E-state index is -0.178. The van der Waals surface area contributed by atoms with Crippen LogP contribution < -0.4 is 10.6 Å². The highest BCUT2D eigenvalue weighted by atomic mass is 127. The molecule has 1 saturated heterocycles. The van der Waals surface area contributed by atoms with E-state index in [4.69, 9.17) is 0 Å². The predicted molar refractivity (Wildman–Crippen MR) is 130 cm³/mol. The minimum absolute atomic E-state index is 0. The van der Waals surface area contributed by atoms with Crippen molar-refractivity contribution in [3.8, 4) is 0 Å². The number of likely N-dealkylation sites (N-methyl/N-ethyl adjacent to an activating group) is 1. The predicted octanol–water partition coefficient (Wildman–Crippen LogP) is 2.86. The maximum Gasteiger partial charge on any atom is 0.191 e. The Morgan fingerprint density at radius 2 is 1.93 bits per heavy atom. The van der Waals surface area contributed by atoms with Gasteiger partial charge >= 0.3 is 0 Å². The number of nitrogens with one attached hydrogen (secondary N) is 2. The van der Waals surface area contributed by atoms with E-state index in [-0.39, 0.29) is 29.8 Å². The first-order valence-corrected chi connectivity index (χ1v) is 11.0. The van der Waals surface area contributed by atoms with Crippen LogP contribution in [0, 0.1) is 11.7 Å². The molecule has 5 nitrogen and oxygen atoms in total. The molecule has 1 aromatic rings. The highest BCUT2D eigenvalue weighted by Gasteiger charge is 2.16. The van der Waals surface area contributed by atoms with Gasteiger partial charge in [-0.1, -0.05) is 13.0 Å². The van der Waals surface area contributed by atoms with Crippen LogP contribution in [0.5, 0.6) is 0 Å². The second-order valence-corrected chi connectivity index (χ2v) is 8.23. The molecule has 2 N–H and O–H groups in total. The lowest BCUT2D eigenvalue weighted by molar-refractivity contribution is 0.139. The summed E-state index contributed by atoms with van der Waals surface area (Å²) < 4.78 is 13.5. The normalized spacial score (nSPS) is 17.1. The molecule has 0 aromatic heterocycles. The van der Waals surface area contributed by atoms with Gasteiger partial charge in [0.1, 0.15) is 5.82 Å². The van der Waals surface area contributed by atoms with Gasteiger partial charge < -0.3 is 20.4 Å².